The second-order valence-corrected chi connectivity index (χ2v) is 2.41. The molecule has 1 aromatic rings. The lowest BCUT2D eigenvalue weighted by Gasteiger charge is -2.04. The summed E-state index contributed by atoms with van der Waals surface area (Å²) in [6.45, 7) is 2.09. The van der Waals surface area contributed by atoms with Crippen LogP contribution in [0, 0.1) is 19.3 Å². The molecule has 4 nitrogen and oxygen atoms in total. The predicted octanol–water partition coefficient (Wildman–Crippen LogP) is 0.839. The van der Waals surface area contributed by atoms with Crippen molar-refractivity contribution in [3.63, 3.8) is 0 Å². The number of terminal acetylenes is 1. The van der Waals surface area contributed by atoms with Gasteiger partial charge in [-0.2, -0.15) is 4.98 Å². The van der Waals surface area contributed by atoms with E-state index in [2.05, 4.69) is 21.2 Å². The van der Waals surface area contributed by atoms with Gasteiger partial charge in [-0.15, -0.1) is 6.42 Å². The first-order valence-corrected chi connectivity index (χ1v) is 3.86. The number of nitrogens with zero attached hydrogens (tertiary/aromatic N) is 2. The maximum absolute atomic E-state index is 5.15. The van der Waals surface area contributed by atoms with Gasteiger partial charge in [0.1, 0.15) is 0 Å². The number of hydrogen-bond donors (Lipinski definition) is 1. The topological polar surface area (TPSA) is 47.0 Å². The molecule has 0 aliphatic carbocycles. The van der Waals surface area contributed by atoms with E-state index < -0.39 is 0 Å². The summed E-state index contributed by atoms with van der Waals surface area (Å²) in [7, 11) is 1.75. The van der Waals surface area contributed by atoms with E-state index in [1.54, 1.807) is 13.1 Å². The van der Waals surface area contributed by atoms with E-state index in [4.69, 9.17) is 11.2 Å². The number of aryl methyl sites for hydroxylation is 1. The molecule has 0 atom stereocenters. The van der Waals surface area contributed by atoms with Crippen LogP contribution in [-0.4, -0.2) is 23.6 Å². The standard InChI is InChI=1S/C9H11N3O/c1-4-5-13-8-6-7(2)11-9(10-3)12-8/h1,6H,5H2,2-3H3,(H,10,11,12). The van der Waals surface area contributed by atoms with Crippen molar-refractivity contribution in [1.29, 1.82) is 0 Å². The van der Waals surface area contributed by atoms with Gasteiger partial charge in [0.25, 0.3) is 0 Å². The Bertz CT molecular complexity index is 330. The number of aromatic nitrogens is 2. The van der Waals surface area contributed by atoms with E-state index >= 15 is 0 Å². The first-order chi connectivity index (χ1) is 6.26. The third-order valence-corrected chi connectivity index (χ3v) is 1.36. The molecule has 0 radical (unpaired) electrons. The van der Waals surface area contributed by atoms with Crippen molar-refractivity contribution in [1.82, 2.24) is 9.97 Å². The molecule has 4 heteroatoms. The second kappa shape index (κ2) is 4.31. The molecule has 1 rings (SSSR count). The van der Waals surface area contributed by atoms with Gasteiger partial charge in [0.2, 0.25) is 11.8 Å². The van der Waals surface area contributed by atoms with Crippen molar-refractivity contribution in [3.05, 3.63) is 11.8 Å². The first kappa shape index (κ1) is 9.33. The molecule has 0 bridgehead atoms. The highest BCUT2D eigenvalue weighted by Crippen LogP contribution is 2.10. The third kappa shape index (κ3) is 2.64. The van der Waals surface area contributed by atoms with Gasteiger partial charge in [-0.3, -0.25) is 0 Å². The Morgan fingerprint density at radius 3 is 3.00 bits per heavy atom. The van der Waals surface area contributed by atoms with Crippen LogP contribution in [0.25, 0.3) is 0 Å². The average Bonchev–Trinajstić information content (AvgIpc) is 2.14. The maximum atomic E-state index is 5.15. The summed E-state index contributed by atoms with van der Waals surface area (Å²) in [6.07, 6.45) is 5.05. The lowest BCUT2D eigenvalue weighted by molar-refractivity contribution is 0.355. The Hall–Kier alpha value is -1.76. The molecule has 0 saturated carbocycles. The number of rotatable bonds is 3. The van der Waals surface area contributed by atoms with Crippen molar-refractivity contribution < 1.29 is 4.74 Å². The fourth-order valence-corrected chi connectivity index (χ4v) is 0.841. The molecule has 0 saturated heterocycles. The zero-order valence-electron chi connectivity index (χ0n) is 7.66. The highest BCUT2D eigenvalue weighted by Gasteiger charge is 1.99. The van der Waals surface area contributed by atoms with Crippen molar-refractivity contribution in [3.8, 4) is 18.2 Å². The lowest BCUT2D eigenvalue weighted by atomic mass is 10.4. The van der Waals surface area contributed by atoms with Gasteiger partial charge >= 0.3 is 0 Å². The van der Waals surface area contributed by atoms with Gasteiger partial charge in [0.05, 0.1) is 0 Å². The van der Waals surface area contributed by atoms with Gasteiger partial charge in [0, 0.05) is 18.8 Å². The summed E-state index contributed by atoms with van der Waals surface area (Å²) in [6, 6.07) is 1.73. The predicted molar refractivity (Wildman–Crippen MR) is 50.6 cm³/mol. The summed E-state index contributed by atoms with van der Waals surface area (Å²) in [5.41, 5.74) is 0.839. The fraction of sp³-hybridized carbons (Fsp3) is 0.333. The van der Waals surface area contributed by atoms with E-state index in [1.807, 2.05) is 6.92 Å². The minimum absolute atomic E-state index is 0.222. The van der Waals surface area contributed by atoms with E-state index in [0.717, 1.165) is 5.69 Å². The molecule has 1 aromatic heterocycles. The summed E-state index contributed by atoms with van der Waals surface area (Å²) in [5.74, 6) is 3.40. The number of ether oxygens (including phenoxy) is 1. The van der Waals surface area contributed by atoms with Crippen LogP contribution in [0.2, 0.25) is 0 Å². The Morgan fingerprint density at radius 2 is 2.38 bits per heavy atom. The molecule has 0 aliphatic rings. The molecule has 0 spiro atoms. The number of hydrogen-bond acceptors (Lipinski definition) is 4. The average molecular weight is 177 g/mol. The molecule has 0 aromatic carbocycles. The molecular formula is C9H11N3O. The summed E-state index contributed by atoms with van der Waals surface area (Å²) >= 11 is 0. The number of nitrogens with one attached hydrogen (secondary N) is 1. The zero-order chi connectivity index (χ0) is 9.68. The Balaban J connectivity index is 2.83. The van der Waals surface area contributed by atoms with E-state index in [0.29, 0.717) is 11.8 Å². The Morgan fingerprint density at radius 1 is 1.62 bits per heavy atom. The number of anilines is 1. The summed E-state index contributed by atoms with van der Waals surface area (Å²) < 4.78 is 5.15. The zero-order valence-corrected chi connectivity index (χ0v) is 7.66. The SMILES string of the molecule is C#CCOc1cc(C)nc(NC)n1. The minimum atomic E-state index is 0.222. The quantitative estimate of drug-likeness (QED) is 0.695. The molecule has 13 heavy (non-hydrogen) atoms. The van der Waals surface area contributed by atoms with Gasteiger partial charge < -0.3 is 10.1 Å². The van der Waals surface area contributed by atoms with Crippen LogP contribution in [-0.2, 0) is 0 Å². The molecule has 68 valence electrons. The van der Waals surface area contributed by atoms with Crippen LogP contribution in [0.3, 0.4) is 0 Å². The van der Waals surface area contributed by atoms with Crippen LogP contribution in [0.5, 0.6) is 5.88 Å². The van der Waals surface area contributed by atoms with Gasteiger partial charge in [-0.05, 0) is 6.92 Å². The molecule has 0 amide bonds. The van der Waals surface area contributed by atoms with Crippen molar-refractivity contribution in [2.24, 2.45) is 0 Å². The fourth-order valence-electron chi connectivity index (χ4n) is 0.841. The summed E-state index contributed by atoms with van der Waals surface area (Å²) in [5, 5.41) is 2.83. The van der Waals surface area contributed by atoms with Crippen LogP contribution in [0.1, 0.15) is 5.69 Å². The van der Waals surface area contributed by atoms with Crippen molar-refractivity contribution >= 4 is 5.95 Å². The van der Waals surface area contributed by atoms with Crippen molar-refractivity contribution in [2.45, 2.75) is 6.92 Å². The second-order valence-electron chi connectivity index (χ2n) is 2.41. The maximum Gasteiger partial charge on any atom is 0.225 e. The smallest absolute Gasteiger partial charge is 0.225 e. The minimum Gasteiger partial charge on any atom is -0.464 e. The van der Waals surface area contributed by atoms with Gasteiger partial charge in [-0.25, -0.2) is 4.98 Å². The molecule has 0 aliphatic heterocycles. The molecular weight excluding hydrogens is 166 g/mol. The van der Waals surface area contributed by atoms with Crippen LogP contribution in [0.4, 0.5) is 5.95 Å². The Kier molecular flexibility index (Phi) is 3.09. The third-order valence-electron chi connectivity index (χ3n) is 1.36. The normalized spacial score (nSPS) is 9.00. The molecule has 1 N–H and O–H groups in total. The molecule has 0 fully saturated rings. The van der Waals surface area contributed by atoms with Crippen LogP contribution in [0.15, 0.2) is 6.07 Å². The van der Waals surface area contributed by atoms with Crippen LogP contribution < -0.4 is 10.1 Å². The lowest BCUT2D eigenvalue weighted by Crippen LogP contribution is -2.02. The van der Waals surface area contributed by atoms with E-state index in [1.165, 1.54) is 0 Å². The largest absolute Gasteiger partial charge is 0.464 e. The van der Waals surface area contributed by atoms with E-state index in [9.17, 15) is 0 Å². The molecule has 1 heterocycles. The van der Waals surface area contributed by atoms with Gasteiger partial charge in [0.15, 0.2) is 6.61 Å². The summed E-state index contributed by atoms with van der Waals surface area (Å²) in [4.78, 5) is 8.16. The first-order valence-electron chi connectivity index (χ1n) is 3.86. The monoisotopic (exact) mass is 177 g/mol. The van der Waals surface area contributed by atoms with Crippen molar-refractivity contribution in [2.75, 3.05) is 19.0 Å². The van der Waals surface area contributed by atoms with Crippen LogP contribution >= 0.6 is 0 Å². The highest BCUT2D eigenvalue weighted by molar-refractivity contribution is 5.29. The highest BCUT2D eigenvalue weighted by atomic mass is 16.5. The Labute approximate surface area is 77.4 Å². The van der Waals surface area contributed by atoms with E-state index in [-0.39, 0.29) is 6.61 Å². The molecule has 0 unspecified atom stereocenters. The van der Waals surface area contributed by atoms with Gasteiger partial charge in [-0.1, -0.05) is 5.92 Å².